The summed E-state index contributed by atoms with van der Waals surface area (Å²) in [6.45, 7) is 0. The predicted octanol–water partition coefficient (Wildman–Crippen LogP) is 3.89. The van der Waals surface area contributed by atoms with Crippen molar-refractivity contribution in [3.63, 3.8) is 0 Å². The second-order valence-electron chi connectivity index (χ2n) is 4.29. The van der Waals surface area contributed by atoms with Gasteiger partial charge in [0.1, 0.15) is 5.82 Å². The molecule has 2 nitrogen and oxygen atoms in total. The molecule has 3 heteroatoms. The molecule has 0 aliphatic carbocycles. The summed E-state index contributed by atoms with van der Waals surface area (Å²) in [5, 5.41) is 0. The first-order chi connectivity index (χ1) is 8.86. The van der Waals surface area contributed by atoms with Gasteiger partial charge in [0.05, 0.1) is 16.9 Å². The van der Waals surface area contributed by atoms with Crippen molar-refractivity contribution in [1.82, 2.24) is 9.97 Å². The van der Waals surface area contributed by atoms with Crippen molar-refractivity contribution in [2.75, 3.05) is 0 Å². The molecule has 3 rings (SSSR count). The van der Waals surface area contributed by atoms with Crippen LogP contribution in [0, 0.1) is 0 Å². The van der Waals surface area contributed by atoms with E-state index >= 15 is 0 Å². The molecule has 0 unspecified atom stereocenters. The van der Waals surface area contributed by atoms with Gasteiger partial charge in [0.15, 0.2) is 0 Å². The Balaban J connectivity index is 2.03. The zero-order chi connectivity index (χ0) is 12.4. The number of alkyl halides is 1. The van der Waals surface area contributed by atoms with Crippen LogP contribution in [0.5, 0.6) is 0 Å². The molecular formula is C15H13ClN2. The lowest BCUT2D eigenvalue weighted by atomic mass is 10.0. The van der Waals surface area contributed by atoms with Gasteiger partial charge in [0.2, 0.25) is 0 Å². The van der Waals surface area contributed by atoms with Gasteiger partial charge in [-0.25, -0.2) is 4.98 Å². The summed E-state index contributed by atoms with van der Waals surface area (Å²) in [6, 6.07) is 16.6. The Kier molecular flexibility index (Phi) is 3.03. The molecule has 0 atom stereocenters. The summed E-state index contributed by atoms with van der Waals surface area (Å²) in [5.41, 5.74) is 4.60. The van der Waals surface area contributed by atoms with Crippen LogP contribution in [0.2, 0.25) is 0 Å². The third-order valence-electron chi connectivity index (χ3n) is 3.01. The average Bonchev–Trinajstić information content (AvgIpc) is 2.84. The number of aromatic nitrogens is 2. The number of aromatic amines is 1. The summed E-state index contributed by atoms with van der Waals surface area (Å²) < 4.78 is 0. The number of nitrogens with zero attached hydrogens (tertiary/aromatic N) is 1. The number of imidazole rings is 1. The molecule has 0 radical (unpaired) electrons. The second kappa shape index (κ2) is 4.83. The zero-order valence-corrected chi connectivity index (χ0v) is 10.6. The number of fused-ring (bicyclic) bond motifs is 1. The average molecular weight is 257 g/mol. The third-order valence-corrected chi connectivity index (χ3v) is 3.26. The SMILES string of the molecule is ClCc1nc2c(Cc3ccccc3)cccc2[nH]1. The topological polar surface area (TPSA) is 28.7 Å². The quantitative estimate of drug-likeness (QED) is 0.708. The van der Waals surface area contributed by atoms with E-state index in [9.17, 15) is 0 Å². The number of rotatable bonds is 3. The van der Waals surface area contributed by atoms with Gasteiger partial charge < -0.3 is 4.98 Å². The highest BCUT2D eigenvalue weighted by atomic mass is 35.5. The highest BCUT2D eigenvalue weighted by Crippen LogP contribution is 2.20. The first kappa shape index (κ1) is 11.3. The molecule has 2 aromatic carbocycles. The van der Waals surface area contributed by atoms with E-state index in [2.05, 4.69) is 46.4 Å². The number of H-pyrrole nitrogens is 1. The van der Waals surface area contributed by atoms with Crippen LogP contribution < -0.4 is 0 Å². The summed E-state index contributed by atoms with van der Waals surface area (Å²) in [5.74, 6) is 1.24. The Morgan fingerprint density at radius 3 is 2.61 bits per heavy atom. The molecule has 3 aromatic rings. The van der Waals surface area contributed by atoms with Crippen LogP contribution in [-0.4, -0.2) is 9.97 Å². The number of halogens is 1. The molecule has 1 heterocycles. The number of hydrogen-bond acceptors (Lipinski definition) is 1. The van der Waals surface area contributed by atoms with Crippen LogP contribution >= 0.6 is 11.6 Å². The molecule has 0 aliphatic heterocycles. The minimum Gasteiger partial charge on any atom is -0.341 e. The first-order valence-electron chi connectivity index (χ1n) is 5.93. The third kappa shape index (κ3) is 2.12. The van der Waals surface area contributed by atoms with E-state index in [1.165, 1.54) is 11.1 Å². The maximum absolute atomic E-state index is 5.82. The Bertz CT molecular complexity index is 659. The van der Waals surface area contributed by atoms with Gasteiger partial charge in [-0.05, 0) is 23.6 Å². The van der Waals surface area contributed by atoms with Crippen molar-refractivity contribution in [3.05, 3.63) is 65.5 Å². The van der Waals surface area contributed by atoms with Gasteiger partial charge in [-0.3, -0.25) is 0 Å². The summed E-state index contributed by atoms with van der Waals surface area (Å²) >= 11 is 5.82. The Morgan fingerprint density at radius 1 is 1.00 bits per heavy atom. The van der Waals surface area contributed by atoms with E-state index in [1.807, 2.05) is 12.1 Å². The molecule has 1 N–H and O–H groups in total. The molecule has 18 heavy (non-hydrogen) atoms. The molecule has 1 aromatic heterocycles. The normalized spacial score (nSPS) is 10.9. The van der Waals surface area contributed by atoms with E-state index in [0.29, 0.717) is 5.88 Å². The fourth-order valence-electron chi connectivity index (χ4n) is 2.16. The predicted molar refractivity (Wildman–Crippen MR) is 74.9 cm³/mol. The molecule has 0 bridgehead atoms. The Hall–Kier alpha value is -1.80. The fourth-order valence-corrected chi connectivity index (χ4v) is 2.29. The van der Waals surface area contributed by atoms with Crippen molar-refractivity contribution in [2.24, 2.45) is 0 Å². The molecule has 90 valence electrons. The van der Waals surface area contributed by atoms with Crippen LogP contribution in [0.3, 0.4) is 0 Å². The number of nitrogens with one attached hydrogen (secondary N) is 1. The largest absolute Gasteiger partial charge is 0.341 e. The molecule has 0 saturated heterocycles. The minimum absolute atomic E-state index is 0.416. The van der Waals surface area contributed by atoms with Crippen molar-refractivity contribution in [2.45, 2.75) is 12.3 Å². The van der Waals surface area contributed by atoms with Crippen LogP contribution in [0.15, 0.2) is 48.5 Å². The second-order valence-corrected chi connectivity index (χ2v) is 4.56. The monoisotopic (exact) mass is 256 g/mol. The van der Waals surface area contributed by atoms with E-state index in [-0.39, 0.29) is 0 Å². The van der Waals surface area contributed by atoms with Gasteiger partial charge in [-0.15, -0.1) is 11.6 Å². The Labute approximate surface area is 111 Å². The number of para-hydroxylation sites is 1. The number of benzene rings is 2. The lowest BCUT2D eigenvalue weighted by molar-refractivity contribution is 1.13. The van der Waals surface area contributed by atoms with Crippen molar-refractivity contribution in [1.29, 1.82) is 0 Å². The smallest absolute Gasteiger partial charge is 0.122 e. The van der Waals surface area contributed by atoms with Crippen LogP contribution in [-0.2, 0) is 12.3 Å². The fraction of sp³-hybridized carbons (Fsp3) is 0.133. The van der Waals surface area contributed by atoms with Crippen LogP contribution in [0.4, 0.5) is 0 Å². The van der Waals surface area contributed by atoms with Gasteiger partial charge >= 0.3 is 0 Å². The van der Waals surface area contributed by atoms with Crippen molar-refractivity contribution >= 4 is 22.6 Å². The van der Waals surface area contributed by atoms with Crippen molar-refractivity contribution < 1.29 is 0 Å². The standard InChI is InChI=1S/C15H13ClN2/c16-10-14-17-13-8-4-7-12(15(13)18-14)9-11-5-2-1-3-6-11/h1-8H,9-10H2,(H,17,18). The maximum Gasteiger partial charge on any atom is 0.122 e. The van der Waals surface area contributed by atoms with Crippen molar-refractivity contribution in [3.8, 4) is 0 Å². The van der Waals surface area contributed by atoms with E-state index < -0.39 is 0 Å². The van der Waals surface area contributed by atoms with Gasteiger partial charge in [-0.2, -0.15) is 0 Å². The maximum atomic E-state index is 5.82. The highest BCUT2D eigenvalue weighted by Gasteiger charge is 2.07. The van der Waals surface area contributed by atoms with E-state index in [1.54, 1.807) is 0 Å². The van der Waals surface area contributed by atoms with Gasteiger partial charge in [-0.1, -0.05) is 42.5 Å². The molecule has 0 amide bonds. The number of hydrogen-bond donors (Lipinski definition) is 1. The lowest BCUT2D eigenvalue weighted by Crippen LogP contribution is -1.89. The lowest BCUT2D eigenvalue weighted by Gasteiger charge is -2.02. The molecule has 0 spiro atoms. The Morgan fingerprint density at radius 2 is 1.83 bits per heavy atom. The molecule has 0 saturated carbocycles. The first-order valence-corrected chi connectivity index (χ1v) is 6.46. The summed E-state index contributed by atoms with van der Waals surface area (Å²) in [4.78, 5) is 7.77. The minimum atomic E-state index is 0.416. The highest BCUT2D eigenvalue weighted by molar-refractivity contribution is 6.16. The summed E-state index contributed by atoms with van der Waals surface area (Å²) in [7, 11) is 0. The van der Waals surface area contributed by atoms with Gasteiger partial charge in [0, 0.05) is 0 Å². The molecular weight excluding hydrogens is 244 g/mol. The van der Waals surface area contributed by atoms with Crippen LogP contribution in [0.25, 0.3) is 11.0 Å². The van der Waals surface area contributed by atoms with Crippen LogP contribution in [0.1, 0.15) is 17.0 Å². The summed E-state index contributed by atoms with van der Waals surface area (Å²) in [6.07, 6.45) is 0.894. The van der Waals surface area contributed by atoms with Gasteiger partial charge in [0.25, 0.3) is 0 Å². The van der Waals surface area contributed by atoms with E-state index in [0.717, 1.165) is 23.3 Å². The van der Waals surface area contributed by atoms with E-state index in [4.69, 9.17) is 11.6 Å². The molecule has 0 aliphatic rings. The zero-order valence-electron chi connectivity index (χ0n) is 9.86. The molecule has 0 fully saturated rings.